The highest BCUT2D eigenvalue weighted by molar-refractivity contribution is 4.94. The number of aromatic nitrogens is 6. The van der Waals surface area contributed by atoms with Gasteiger partial charge in [-0.05, 0) is 12.5 Å². The van der Waals surface area contributed by atoms with Crippen LogP contribution in [0, 0.1) is 5.92 Å². The van der Waals surface area contributed by atoms with Crippen molar-refractivity contribution >= 4 is 0 Å². The first kappa shape index (κ1) is 12.7. The average molecular weight is 249 g/mol. The SMILES string of the molecule is CC(C)CNCc1cn(Cc2nncn2C)nn1. The summed E-state index contributed by atoms with van der Waals surface area (Å²) in [5.74, 6) is 1.50. The summed E-state index contributed by atoms with van der Waals surface area (Å²) >= 11 is 0. The largest absolute Gasteiger partial charge is 0.319 e. The maximum atomic E-state index is 4.12. The minimum Gasteiger partial charge on any atom is -0.319 e. The monoisotopic (exact) mass is 249 g/mol. The van der Waals surface area contributed by atoms with Gasteiger partial charge in [-0.3, -0.25) is 0 Å². The molecule has 2 aromatic heterocycles. The number of hydrogen-bond donors (Lipinski definition) is 1. The predicted octanol–water partition coefficient (Wildman–Crippen LogP) is 0.200. The highest BCUT2D eigenvalue weighted by Gasteiger charge is 2.05. The molecule has 98 valence electrons. The van der Waals surface area contributed by atoms with Crippen LogP contribution in [0.5, 0.6) is 0 Å². The van der Waals surface area contributed by atoms with Crippen molar-refractivity contribution in [1.82, 2.24) is 35.1 Å². The van der Waals surface area contributed by atoms with Crippen LogP contribution >= 0.6 is 0 Å². The molecule has 0 fully saturated rings. The predicted molar refractivity (Wildman–Crippen MR) is 66.7 cm³/mol. The lowest BCUT2D eigenvalue weighted by atomic mass is 10.2. The van der Waals surface area contributed by atoms with Gasteiger partial charge in [-0.2, -0.15) is 0 Å². The zero-order chi connectivity index (χ0) is 13.0. The fourth-order valence-electron chi connectivity index (χ4n) is 1.58. The number of rotatable bonds is 6. The molecule has 0 saturated heterocycles. The third-order valence-corrected chi connectivity index (χ3v) is 2.55. The maximum Gasteiger partial charge on any atom is 0.154 e. The fourth-order valence-corrected chi connectivity index (χ4v) is 1.58. The van der Waals surface area contributed by atoms with Crippen LogP contribution in [0.2, 0.25) is 0 Å². The van der Waals surface area contributed by atoms with Gasteiger partial charge in [0.1, 0.15) is 12.9 Å². The molecule has 18 heavy (non-hydrogen) atoms. The minimum absolute atomic E-state index is 0.591. The van der Waals surface area contributed by atoms with E-state index in [1.807, 2.05) is 17.8 Å². The Labute approximate surface area is 106 Å². The fraction of sp³-hybridized carbons (Fsp3) is 0.636. The Kier molecular flexibility index (Phi) is 4.03. The van der Waals surface area contributed by atoms with Crippen molar-refractivity contribution in [2.24, 2.45) is 13.0 Å². The van der Waals surface area contributed by atoms with Gasteiger partial charge >= 0.3 is 0 Å². The van der Waals surface area contributed by atoms with Gasteiger partial charge in [0.05, 0.1) is 11.9 Å². The molecule has 0 radical (unpaired) electrons. The van der Waals surface area contributed by atoms with Gasteiger partial charge in [-0.15, -0.1) is 15.3 Å². The molecule has 0 amide bonds. The second-order valence-corrected chi connectivity index (χ2v) is 4.79. The maximum absolute atomic E-state index is 4.12. The Morgan fingerprint density at radius 1 is 1.33 bits per heavy atom. The Balaban J connectivity index is 1.88. The molecule has 0 aliphatic carbocycles. The van der Waals surface area contributed by atoms with E-state index in [1.165, 1.54) is 0 Å². The molecular weight excluding hydrogens is 230 g/mol. The van der Waals surface area contributed by atoms with E-state index in [9.17, 15) is 0 Å². The number of aryl methyl sites for hydroxylation is 1. The highest BCUT2D eigenvalue weighted by Crippen LogP contribution is 1.98. The summed E-state index contributed by atoms with van der Waals surface area (Å²) in [6.45, 7) is 6.68. The molecule has 0 atom stereocenters. The van der Waals surface area contributed by atoms with Crippen LogP contribution in [0.1, 0.15) is 25.4 Å². The van der Waals surface area contributed by atoms with Crippen LogP contribution in [0.3, 0.4) is 0 Å². The number of hydrogen-bond acceptors (Lipinski definition) is 5. The van der Waals surface area contributed by atoms with Crippen LogP contribution in [-0.2, 0) is 20.1 Å². The zero-order valence-corrected chi connectivity index (χ0v) is 11.0. The Bertz CT molecular complexity index is 485. The van der Waals surface area contributed by atoms with E-state index in [2.05, 4.69) is 39.7 Å². The van der Waals surface area contributed by atoms with E-state index >= 15 is 0 Å². The Hall–Kier alpha value is -1.76. The van der Waals surface area contributed by atoms with E-state index in [1.54, 1.807) is 11.0 Å². The molecule has 0 saturated carbocycles. The lowest BCUT2D eigenvalue weighted by molar-refractivity contribution is 0.548. The quantitative estimate of drug-likeness (QED) is 0.791. The number of nitrogens with zero attached hydrogens (tertiary/aromatic N) is 6. The van der Waals surface area contributed by atoms with Crippen LogP contribution in [0.15, 0.2) is 12.5 Å². The van der Waals surface area contributed by atoms with Crippen molar-refractivity contribution in [2.75, 3.05) is 6.54 Å². The molecule has 0 aliphatic heterocycles. The molecule has 2 heterocycles. The summed E-state index contributed by atoms with van der Waals surface area (Å²) in [6, 6.07) is 0. The van der Waals surface area contributed by atoms with Gasteiger partial charge in [-0.25, -0.2) is 4.68 Å². The standard InChI is InChI=1S/C11H19N7/c1-9(2)4-12-5-10-6-18(16-14-10)7-11-15-13-8-17(11)3/h6,8-9,12H,4-5,7H2,1-3H3. The summed E-state index contributed by atoms with van der Waals surface area (Å²) in [5, 5.41) is 19.4. The Morgan fingerprint density at radius 3 is 2.83 bits per heavy atom. The molecule has 0 spiro atoms. The van der Waals surface area contributed by atoms with E-state index in [0.29, 0.717) is 12.5 Å². The molecule has 2 aromatic rings. The second kappa shape index (κ2) is 5.72. The third-order valence-electron chi connectivity index (χ3n) is 2.55. The van der Waals surface area contributed by atoms with E-state index in [4.69, 9.17) is 0 Å². The van der Waals surface area contributed by atoms with Crippen LogP contribution in [-0.4, -0.2) is 36.3 Å². The van der Waals surface area contributed by atoms with Crippen molar-refractivity contribution in [3.8, 4) is 0 Å². The normalized spacial score (nSPS) is 11.3. The van der Waals surface area contributed by atoms with Crippen molar-refractivity contribution in [1.29, 1.82) is 0 Å². The molecule has 7 nitrogen and oxygen atoms in total. The van der Waals surface area contributed by atoms with Crippen molar-refractivity contribution in [2.45, 2.75) is 26.9 Å². The first-order valence-electron chi connectivity index (χ1n) is 6.07. The first-order valence-corrected chi connectivity index (χ1v) is 6.07. The second-order valence-electron chi connectivity index (χ2n) is 4.79. The number of nitrogens with one attached hydrogen (secondary N) is 1. The molecule has 0 bridgehead atoms. The summed E-state index contributed by atoms with van der Waals surface area (Å²) in [7, 11) is 1.91. The Morgan fingerprint density at radius 2 is 2.17 bits per heavy atom. The van der Waals surface area contributed by atoms with E-state index in [-0.39, 0.29) is 0 Å². The van der Waals surface area contributed by atoms with Gasteiger partial charge in [0.2, 0.25) is 0 Å². The topological polar surface area (TPSA) is 73.5 Å². The molecule has 2 rings (SSSR count). The summed E-state index contributed by atoms with van der Waals surface area (Å²) in [6.07, 6.45) is 3.61. The highest BCUT2D eigenvalue weighted by atomic mass is 15.4. The van der Waals surface area contributed by atoms with Gasteiger partial charge in [0.25, 0.3) is 0 Å². The van der Waals surface area contributed by atoms with Crippen LogP contribution in [0.25, 0.3) is 0 Å². The summed E-state index contributed by atoms with van der Waals surface area (Å²) < 4.78 is 3.65. The summed E-state index contributed by atoms with van der Waals surface area (Å²) in [5.41, 5.74) is 0.942. The van der Waals surface area contributed by atoms with Gasteiger partial charge < -0.3 is 9.88 Å². The molecular formula is C11H19N7. The zero-order valence-electron chi connectivity index (χ0n) is 11.0. The van der Waals surface area contributed by atoms with Crippen molar-refractivity contribution < 1.29 is 0 Å². The molecule has 0 aromatic carbocycles. The lowest BCUT2D eigenvalue weighted by Gasteiger charge is -2.04. The summed E-state index contributed by atoms with van der Waals surface area (Å²) in [4.78, 5) is 0. The van der Waals surface area contributed by atoms with Gasteiger partial charge in [0, 0.05) is 13.6 Å². The molecule has 0 aliphatic rings. The van der Waals surface area contributed by atoms with Gasteiger partial charge in [-0.1, -0.05) is 19.1 Å². The first-order chi connectivity index (χ1) is 8.65. The van der Waals surface area contributed by atoms with Gasteiger partial charge in [0.15, 0.2) is 5.82 Å². The molecule has 0 unspecified atom stereocenters. The van der Waals surface area contributed by atoms with Crippen molar-refractivity contribution in [3.05, 3.63) is 24.0 Å². The minimum atomic E-state index is 0.591. The third kappa shape index (κ3) is 3.36. The van der Waals surface area contributed by atoms with E-state index in [0.717, 1.165) is 24.6 Å². The molecule has 1 N–H and O–H groups in total. The lowest BCUT2D eigenvalue weighted by Crippen LogP contribution is -2.19. The average Bonchev–Trinajstić information content (AvgIpc) is 2.90. The smallest absolute Gasteiger partial charge is 0.154 e. The van der Waals surface area contributed by atoms with Crippen molar-refractivity contribution in [3.63, 3.8) is 0 Å². The molecule has 7 heteroatoms. The van der Waals surface area contributed by atoms with Crippen LogP contribution in [0.4, 0.5) is 0 Å². The van der Waals surface area contributed by atoms with E-state index < -0.39 is 0 Å². The van der Waals surface area contributed by atoms with Crippen LogP contribution < -0.4 is 5.32 Å².